The molecule has 5 nitrogen and oxygen atoms in total. The summed E-state index contributed by atoms with van der Waals surface area (Å²) < 4.78 is 0. The molecule has 1 unspecified atom stereocenters. The first-order valence-electron chi connectivity index (χ1n) is 9.17. The number of carbonyl (C=O) groups excluding carboxylic acids is 1. The van der Waals surface area contributed by atoms with E-state index in [0.717, 1.165) is 42.0 Å². The van der Waals surface area contributed by atoms with Crippen LogP contribution in [0.1, 0.15) is 25.3 Å². The first-order valence-corrected chi connectivity index (χ1v) is 9.17. The van der Waals surface area contributed by atoms with Crippen LogP contribution in [0.25, 0.3) is 10.9 Å². The van der Waals surface area contributed by atoms with E-state index in [4.69, 9.17) is 0 Å². The summed E-state index contributed by atoms with van der Waals surface area (Å²) in [5, 5.41) is 4.15. The molecule has 2 heterocycles. The van der Waals surface area contributed by atoms with Gasteiger partial charge in [0, 0.05) is 44.8 Å². The largest absolute Gasteiger partial charge is 0.337 e. The minimum Gasteiger partial charge on any atom is -0.337 e. The average Bonchev–Trinajstić information content (AvgIpc) is 2.62. The van der Waals surface area contributed by atoms with Crippen LogP contribution in [0.4, 0.5) is 4.79 Å². The monoisotopic (exact) mass is 340 g/mol. The zero-order valence-electron chi connectivity index (χ0n) is 15.2. The van der Waals surface area contributed by atoms with Crippen molar-refractivity contribution in [1.29, 1.82) is 0 Å². The molecule has 1 aliphatic rings. The molecule has 1 saturated heterocycles. The quantitative estimate of drug-likeness (QED) is 0.910. The normalized spacial score (nSPS) is 18.2. The van der Waals surface area contributed by atoms with E-state index in [2.05, 4.69) is 34.3 Å². The molecule has 2 amide bonds. The number of benzene rings is 1. The highest BCUT2D eigenvalue weighted by Gasteiger charge is 2.16. The lowest BCUT2D eigenvalue weighted by atomic mass is 10.0. The Labute approximate surface area is 150 Å². The number of fused-ring (bicyclic) bond motifs is 1. The Balaban J connectivity index is 1.50. The molecule has 0 saturated carbocycles. The molecule has 0 spiro atoms. The Kier molecular flexibility index (Phi) is 5.87. The molecule has 1 aromatic heterocycles. The second-order valence-corrected chi connectivity index (χ2v) is 7.12. The molecule has 1 aromatic carbocycles. The number of amides is 2. The molecular formula is C20H28N4O. The summed E-state index contributed by atoms with van der Waals surface area (Å²) in [6, 6.07) is 10.0. The number of aromatic nitrogens is 1. The zero-order chi connectivity index (χ0) is 17.6. The van der Waals surface area contributed by atoms with Gasteiger partial charge in [-0.05, 0) is 43.0 Å². The van der Waals surface area contributed by atoms with Gasteiger partial charge in [0.05, 0.1) is 5.52 Å². The van der Waals surface area contributed by atoms with Crippen molar-refractivity contribution >= 4 is 16.9 Å². The summed E-state index contributed by atoms with van der Waals surface area (Å²) in [6.07, 6.45) is 4.39. The summed E-state index contributed by atoms with van der Waals surface area (Å²) in [6.45, 7) is 6.82. The Morgan fingerprint density at radius 3 is 3.08 bits per heavy atom. The average molecular weight is 340 g/mol. The number of likely N-dealkylation sites (tertiary alicyclic amines) is 1. The van der Waals surface area contributed by atoms with Crippen molar-refractivity contribution in [2.45, 2.75) is 26.3 Å². The van der Waals surface area contributed by atoms with Gasteiger partial charge in [0.25, 0.3) is 0 Å². The van der Waals surface area contributed by atoms with Gasteiger partial charge in [-0.2, -0.15) is 0 Å². The minimum absolute atomic E-state index is 0.0223. The molecule has 0 aliphatic carbocycles. The van der Waals surface area contributed by atoms with Crippen molar-refractivity contribution in [3.05, 3.63) is 42.1 Å². The lowest BCUT2D eigenvalue weighted by molar-refractivity contribution is 0.178. The lowest BCUT2D eigenvalue weighted by Gasteiger charge is -2.31. The van der Waals surface area contributed by atoms with E-state index < -0.39 is 0 Å². The molecule has 3 rings (SSSR count). The van der Waals surface area contributed by atoms with Gasteiger partial charge in [-0.15, -0.1) is 0 Å². The Bertz CT molecular complexity index is 712. The van der Waals surface area contributed by atoms with E-state index in [1.807, 2.05) is 25.2 Å². The molecular weight excluding hydrogens is 312 g/mol. The Hall–Kier alpha value is -2.14. The number of pyridine rings is 1. The maximum Gasteiger partial charge on any atom is 0.317 e. The highest BCUT2D eigenvalue weighted by molar-refractivity contribution is 5.82. The molecule has 1 N–H and O–H groups in total. The Morgan fingerprint density at radius 2 is 2.24 bits per heavy atom. The smallest absolute Gasteiger partial charge is 0.317 e. The third kappa shape index (κ3) is 4.69. The maximum absolute atomic E-state index is 12.4. The number of nitrogens with one attached hydrogen (secondary N) is 1. The first kappa shape index (κ1) is 17.7. The second-order valence-electron chi connectivity index (χ2n) is 7.12. The van der Waals surface area contributed by atoms with E-state index in [1.54, 1.807) is 11.1 Å². The molecule has 2 aromatic rings. The van der Waals surface area contributed by atoms with Crippen molar-refractivity contribution in [3.63, 3.8) is 0 Å². The van der Waals surface area contributed by atoms with Crippen LogP contribution in [-0.2, 0) is 6.54 Å². The topological polar surface area (TPSA) is 48.5 Å². The predicted octanol–water partition coefficient (Wildman–Crippen LogP) is 3.11. The van der Waals surface area contributed by atoms with Gasteiger partial charge < -0.3 is 15.1 Å². The van der Waals surface area contributed by atoms with Crippen LogP contribution >= 0.6 is 0 Å². The van der Waals surface area contributed by atoms with Crippen LogP contribution in [0, 0.1) is 5.92 Å². The number of piperidine rings is 1. The molecule has 0 radical (unpaired) electrons. The van der Waals surface area contributed by atoms with E-state index in [0.29, 0.717) is 13.1 Å². The van der Waals surface area contributed by atoms with Crippen LogP contribution in [0.3, 0.4) is 0 Å². The van der Waals surface area contributed by atoms with Gasteiger partial charge in [-0.25, -0.2) is 4.79 Å². The fourth-order valence-electron chi connectivity index (χ4n) is 3.58. The van der Waals surface area contributed by atoms with Crippen LogP contribution in [0.15, 0.2) is 36.5 Å². The molecule has 0 bridgehead atoms. The Morgan fingerprint density at radius 1 is 1.36 bits per heavy atom. The summed E-state index contributed by atoms with van der Waals surface area (Å²) in [7, 11) is 1.84. The van der Waals surface area contributed by atoms with Crippen molar-refractivity contribution in [2.75, 3.05) is 33.2 Å². The van der Waals surface area contributed by atoms with Gasteiger partial charge in [0.2, 0.25) is 0 Å². The number of urea groups is 1. The molecule has 5 heteroatoms. The molecule has 1 fully saturated rings. The standard InChI is InChI=1S/C20H28N4O/c1-16-6-5-12-24(14-16)13-11-22-20(25)23(2)15-17-7-3-9-19-18(17)8-4-10-21-19/h3-4,7-10,16H,5-6,11-15H2,1-2H3,(H,22,25). The summed E-state index contributed by atoms with van der Waals surface area (Å²) in [5.74, 6) is 0.770. The van der Waals surface area contributed by atoms with Gasteiger partial charge in [-0.1, -0.05) is 25.1 Å². The third-order valence-electron chi connectivity index (χ3n) is 4.94. The summed E-state index contributed by atoms with van der Waals surface area (Å²) >= 11 is 0. The fourth-order valence-corrected chi connectivity index (χ4v) is 3.58. The van der Waals surface area contributed by atoms with E-state index in [1.165, 1.54) is 12.8 Å². The van der Waals surface area contributed by atoms with E-state index in [-0.39, 0.29) is 6.03 Å². The minimum atomic E-state index is -0.0223. The molecule has 25 heavy (non-hydrogen) atoms. The van der Waals surface area contributed by atoms with Crippen molar-refractivity contribution in [3.8, 4) is 0 Å². The van der Waals surface area contributed by atoms with Crippen LogP contribution in [-0.4, -0.2) is 54.0 Å². The van der Waals surface area contributed by atoms with Crippen LogP contribution in [0.2, 0.25) is 0 Å². The summed E-state index contributed by atoms with van der Waals surface area (Å²) in [4.78, 5) is 20.9. The van der Waals surface area contributed by atoms with Gasteiger partial charge in [0.15, 0.2) is 0 Å². The third-order valence-corrected chi connectivity index (χ3v) is 4.94. The SMILES string of the molecule is CC1CCCN(CCNC(=O)N(C)Cc2cccc3ncccc23)C1. The van der Waals surface area contributed by atoms with Crippen LogP contribution in [0.5, 0.6) is 0 Å². The predicted molar refractivity (Wildman–Crippen MR) is 101 cm³/mol. The number of carbonyl (C=O) groups is 1. The number of nitrogens with zero attached hydrogens (tertiary/aromatic N) is 3. The summed E-state index contributed by atoms with van der Waals surface area (Å²) in [5.41, 5.74) is 2.08. The van der Waals surface area contributed by atoms with Crippen molar-refractivity contribution in [1.82, 2.24) is 20.1 Å². The highest BCUT2D eigenvalue weighted by Crippen LogP contribution is 2.18. The van der Waals surface area contributed by atoms with Gasteiger partial charge in [-0.3, -0.25) is 4.98 Å². The van der Waals surface area contributed by atoms with Gasteiger partial charge >= 0.3 is 6.03 Å². The fraction of sp³-hybridized carbons (Fsp3) is 0.500. The number of hydrogen-bond donors (Lipinski definition) is 1. The van der Waals surface area contributed by atoms with Gasteiger partial charge in [0.1, 0.15) is 0 Å². The second kappa shape index (κ2) is 8.30. The first-order chi connectivity index (χ1) is 12.1. The molecule has 1 aliphatic heterocycles. The van der Waals surface area contributed by atoms with E-state index >= 15 is 0 Å². The van der Waals surface area contributed by atoms with Crippen molar-refractivity contribution < 1.29 is 4.79 Å². The number of rotatable bonds is 5. The maximum atomic E-state index is 12.4. The number of hydrogen-bond acceptors (Lipinski definition) is 3. The van der Waals surface area contributed by atoms with Crippen molar-refractivity contribution in [2.24, 2.45) is 5.92 Å². The lowest BCUT2D eigenvalue weighted by Crippen LogP contribution is -2.43. The van der Waals surface area contributed by atoms with E-state index in [9.17, 15) is 4.79 Å². The molecule has 1 atom stereocenters. The van der Waals surface area contributed by atoms with Crippen LogP contribution < -0.4 is 5.32 Å². The highest BCUT2D eigenvalue weighted by atomic mass is 16.2. The zero-order valence-corrected chi connectivity index (χ0v) is 15.2. The molecule has 134 valence electrons.